The van der Waals surface area contributed by atoms with Gasteiger partial charge in [0.1, 0.15) is 0 Å². The summed E-state index contributed by atoms with van der Waals surface area (Å²) in [6.45, 7) is 1.42. The van der Waals surface area contributed by atoms with E-state index in [1.165, 1.54) is 11.1 Å². The zero-order valence-corrected chi connectivity index (χ0v) is 14.2. The molecule has 128 valence electrons. The Hall–Kier alpha value is -2.62. The van der Waals surface area contributed by atoms with Gasteiger partial charge in [0, 0.05) is 18.8 Å². The molecule has 0 aliphatic rings. The minimum atomic E-state index is -0.0752. The molecule has 25 heavy (non-hydrogen) atoms. The number of hydrogen-bond donors (Lipinski definition) is 2. The maximum atomic E-state index is 9.61. The van der Waals surface area contributed by atoms with Crippen LogP contribution in [0.3, 0.4) is 0 Å². The van der Waals surface area contributed by atoms with E-state index in [1.54, 1.807) is 0 Å². The number of rotatable bonds is 7. The number of aliphatic hydroxyl groups is 2. The van der Waals surface area contributed by atoms with Crippen LogP contribution in [0.15, 0.2) is 78.9 Å². The van der Waals surface area contributed by atoms with E-state index in [-0.39, 0.29) is 13.2 Å². The summed E-state index contributed by atoms with van der Waals surface area (Å²) in [6.07, 6.45) is 0. The lowest BCUT2D eigenvalue weighted by atomic mass is 10.1. The first-order valence-corrected chi connectivity index (χ1v) is 8.46. The number of hydrogen-bond acceptors (Lipinski definition) is 3. The fourth-order valence-corrected chi connectivity index (χ4v) is 2.96. The fourth-order valence-electron chi connectivity index (χ4n) is 2.96. The molecule has 0 aliphatic heterocycles. The minimum absolute atomic E-state index is 0.0620. The largest absolute Gasteiger partial charge is 0.392 e. The molecule has 0 spiro atoms. The number of benzene rings is 3. The van der Waals surface area contributed by atoms with Crippen molar-refractivity contribution in [3.05, 3.63) is 101 Å². The number of nitrogens with zero attached hydrogens (tertiary/aromatic N) is 1. The third-order valence-electron chi connectivity index (χ3n) is 4.33. The normalized spacial score (nSPS) is 10.6. The van der Waals surface area contributed by atoms with E-state index in [4.69, 9.17) is 0 Å². The lowest BCUT2D eigenvalue weighted by Gasteiger charge is -2.26. The molecule has 0 unspecified atom stereocenters. The predicted molar refractivity (Wildman–Crippen MR) is 101 cm³/mol. The monoisotopic (exact) mass is 333 g/mol. The van der Waals surface area contributed by atoms with Crippen molar-refractivity contribution in [3.8, 4) is 0 Å². The van der Waals surface area contributed by atoms with Crippen LogP contribution < -0.4 is 4.90 Å². The molecule has 0 aliphatic carbocycles. The molecule has 0 aromatic heterocycles. The molecule has 3 nitrogen and oxygen atoms in total. The summed E-state index contributed by atoms with van der Waals surface area (Å²) in [6, 6.07) is 26.6. The van der Waals surface area contributed by atoms with Gasteiger partial charge in [0.2, 0.25) is 0 Å². The Balaban J connectivity index is 1.92. The highest BCUT2D eigenvalue weighted by Gasteiger charge is 2.11. The third-order valence-corrected chi connectivity index (χ3v) is 4.33. The maximum absolute atomic E-state index is 9.61. The fraction of sp³-hybridized carbons (Fsp3) is 0.182. The van der Waals surface area contributed by atoms with Gasteiger partial charge < -0.3 is 15.1 Å². The Morgan fingerprint density at radius 2 is 1.12 bits per heavy atom. The van der Waals surface area contributed by atoms with Crippen molar-refractivity contribution in [1.29, 1.82) is 0 Å². The molecule has 3 heteroatoms. The Morgan fingerprint density at radius 1 is 0.600 bits per heavy atom. The van der Waals surface area contributed by atoms with Crippen LogP contribution in [0.4, 0.5) is 5.69 Å². The summed E-state index contributed by atoms with van der Waals surface area (Å²) in [7, 11) is 0. The van der Waals surface area contributed by atoms with Crippen LogP contribution in [-0.4, -0.2) is 10.2 Å². The van der Waals surface area contributed by atoms with Crippen LogP contribution in [0.1, 0.15) is 22.3 Å². The minimum Gasteiger partial charge on any atom is -0.392 e. The average Bonchev–Trinajstić information content (AvgIpc) is 2.68. The SMILES string of the molecule is OCc1ccc(N(Cc2ccccc2)Cc2ccccc2)cc1CO. The summed E-state index contributed by atoms with van der Waals surface area (Å²) in [4.78, 5) is 2.28. The summed E-state index contributed by atoms with van der Waals surface area (Å²) in [5, 5.41) is 19.0. The van der Waals surface area contributed by atoms with Crippen molar-refractivity contribution >= 4 is 5.69 Å². The molecular formula is C22H23NO2. The summed E-state index contributed by atoms with van der Waals surface area (Å²) >= 11 is 0. The highest BCUT2D eigenvalue weighted by Crippen LogP contribution is 2.24. The van der Waals surface area contributed by atoms with Gasteiger partial charge in [-0.1, -0.05) is 66.7 Å². The number of aliphatic hydroxyl groups excluding tert-OH is 2. The Kier molecular flexibility index (Phi) is 5.83. The second-order valence-electron chi connectivity index (χ2n) is 6.10. The van der Waals surface area contributed by atoms with Gasteiger partial charge in [0.15, 0.2) is 0 Å². The molecule has 3 rings (SSSR count). The van der Waals surface area contributed by atoms with Gasteiger partial charge in [-0.3, -0.25) is 0 Å². The van der Waals surface area contributed by atoms with Crippen LogP contribution in [-0.2, 0) is 26.3 Å². The molecule has 0 radical (unpaired) electrons. The predicted octanol–water partition coefficient (Wildman–Crippen LogP) is 3.88. The second-order valence-corrected chi connectivity index (χ2v) is 6.10. The van der Waals surface area contributed by atoms with Gasteiger partial charge in [-0.25, -0.2) is 0 Å². The molecule has 0 fully saturated rings. The molecule has 3 aromatic rings. The van der Waals surface area contributed by atoms with Crippen LogP contribution in [0.2, 0.25) is 0 Å². The lowest BCUT2D eigenvalue weighted by Crippen LogP contribution is -2.22. The van der Waals surface area contributed by atoms with E-state index < -0.39 is 0 Å². The molecule has 0 heterocycles. The first-order chi connectivity index (χ1) is 12.3. The summed E-state index contributed by atoms with van der Waals surface area (Å²) < 4.78 is 0. The Morgan fingerprint density at radius 3 is 1.60 bits per heavy atom. The molecule has 0 bridgehead atoms. The standard InChI is InChI=1S/C22H23NO2/c24-16-20-11-12-22(13-21(20)17-25)23(14-18-7-3-1-4-8-18)15-19-9-5-2-6-10-19/h1-13,24-25H,14-17H2. The third kappa shape index (κ3) is 4.47. The average molecular weight is 333 g/mol. The highest BCUT2D eigenvalue weighted by atomic mass is 16.3. The summed E-state index contributed by atoms with van der Waals surface area (Å²) in [5.74, 6) is 0. The topological polar surface area (TPSA) is 43.7 Å². The zero-order chi connectivity index (χ0) is 17.5. The van der Waals surface area contributed by atoms with E-state index in [0.717, 1.165) is 29.9 Å². The van der Waals surface area contributed by atoms with Gasteiger partial charge in [-0.15, -0.1) is 0 Å². The Bertz CT molecular complexity index is 746. The van der Waals surface area contributed by atoms with Crippen molar-refractivity contribution in [2.45, 2.75) is 26.3 Å². The van der Waals surface area contributed by atoms with Crippen molar-refractivity contribution in [2.75, 3.05) is 4.90 Å². The first-order valence-electron chi connectivity index (χ1n) is 8.46. The maximum Gasteiger partial charge on any atom is 0.0686 e. The first kappa shape index (κ1) is 17.2. The van der Waals surface area contributed by atoms with Crippen molar-refractivity contribution in [1.82, 2.24) is 0 Å². The van der Waals surface area contributed by atoms with E-state index in [9.17, 15) is 10.2 Å². The van der Waals surface area contributed by atoms with Crippen molar-refractivity contribution in [2.24, 2.45) is 0 Å². The lowest BCUT2D eigenvalue weighted by molar-refractivity contribution is 0.260. The van der Waals surface area contributed by atoms with Crippen LogP contribution in [0.5, 0.6) is 0 Å². The van der Waals surface area contributed by atoms with Crippen molar-refractivity contribution in [3.63, 3.8) is 0 Å². The quantitative estimate of drug-likeness (QED) is 0.690. The highest BCUT2D eigenvalue weighted by molar-refractivity contribution is 5.52. The van der Waals surface area contributed by atoms with E-state index in [2.05, 4.69) is 29.2 Å². The molecule has 0 amide bonds. The van der Waals surface area contributed by atoms with Gasteiger partial charge in [-0.05, 0) is 34.4 Å². The Labute approximate surface area is 148 Å². The number of anilines is 1. The van der Waals surface area contributed by atoms with Crippen LogP contribution >= 0.6 is 0 Å². The second kappa shape index (κ2) is 8.47. The van der Waals surface area contributed by atoms with Gasteiger partial charge in [0.25, 0.3) is 0 Å². The van der Waals surface area contributed by atoms with Gasteiger partial charge >= 0.3 is 0 Å². The molecule has 3 aromatic carbocycles. The molecule has 0 saturated heterocycles. The molecule has 2 N–H and O–H groups in total. The van der Waals surface area contributed by atoms with E-state index >= 15 is 0 Å². The van der Waals surface area contributed by atoms with E-state index in [0.29, 0.717) is 0 Å². The van der Waals surface area contributed by atoms with E-state index in [1.807, 2.05) is 54.6 Å². The van der Waals surface area contributed by atoms with Gasteiger partial charge in [0.05, 0.1) is 13.2 Å². The van der Waals surface area contributed by atoms with Crippen LogP contribution in [0, 0.1) is 0 Å². The van der Waals surface area contributed by atoms with Crippen LogP contribution in [0.25, 0.3) is 0 Å². The molecular weight excluding hydrogens is 310 g/mol. The summed E-state index contributed by atoms with van der Waals surface area (Å²) in [5.41, 5.74) is 5.04. The molecule has 0 saturated carbocycles. The van der Waals surface area contributed by atoms with Crippen molar-refractivity contribution < 1.29 is 10.2 Å². The zero-order valence-electron chi connectivity index (χ0n) is 14.2. The smallest absolute Gasteiger partial charge is 0.0686 e. The molecule has 0 atom stereocenters. The van der Waals surface area contributed by atoms with Gasteiger partial charge in [-0.2, -0.15) is 0 Å².